The maximum absolute atomic E-state index is 13.6. The molecule has 132 valence electrons. The third kappa shape index (κ3) is 4.18. The molecule has 4 nitrogen and oxygen atoms in total. The zero-order chi connectivity index (χ0) is 18.5. The van der Waals surface area contributed by atoms with Crippen molar-refractivity contribution in [1.29, 1.82) is 0 Å². The van der Waals surface area contributed by atoms with Crippen molar-refractivity contribution in [3.8, 4) is 0 Å². The number of halogens is 2. The first kappa shape index (κ1) is 17.9. The Bertz CT molecular complexity index is 946. The summed E-state index contributed by atoms with van der Waals surface area (Å²) >= 11 is 6.12. The lowest BCUT2D eigenvalue weighted by Gasteiger charge is -2.11. The molecular weight excluding hydrogens is 353 g/mol. The van der Waals surface area contributed by atoms with Gasteiger partial charge in [-0.1, -0.05) is 35.9 Å². The van der Waals surface area contributed by atoms with Gasteiger partial charge in [0.1, 0.15) is 5.82 Å². The van der Waals surface area contributed by atoms with Crippen molar-refractivity contribution < 1.29 is 9.18 Å². The number of benzene rings is 2. The second kappa shape index (κ2) is 7.97. The van der Waals surface area contributed by atoms with Gasteiger partial charge in [-0.25, -0.2) is 4.39 Å². The number of anilines is 2. The maximum atomic E-state index is 13.6. The van der Waals surface area contributed by atoms with Gasteiger partial charge in [0.15, 0.2) is 0 Å². The van der Waals surface area contributed by atoms with E-state index in [1.54, 1.807) is 30.5 Å². The van der Waals surface area contributed by atoms with E-state index in [-0.39, 0.29) is 18.3 Å². The van der Waals surface area contributed by atoms with Crippen LogP contribution in [0, 0.1) is 12.7 Å². The molecule has 1 aromatic heterocycles. The Hall–Kier alpha value is -2.92. The van der Waals surface area contributed by atoms with Gasteiger partial charge in [-0.2, -0.15) is 0 Å². The number of amides is 1. The minimum Gasteiger partial charge on any atom is -0.354 e. The van der Waals surface area contributed by atoms with E-state index in [1.807, 2.05) is 25.1 Å². The fourth-order valence-corrected chi connectivity index (χ4v) is 2.62. The van der Waals surface area contributed by atoms with E-state index in [0.29, 0.717) is 21.8 Å². The maximum Gasteiger partial charge on any atom is 0.253 e. The molecule has 0 radical (unpaired) electrons. The number of carbonyl (C=O) groups excluding carboxylic acids is 1. The number of pyridine rings is 1. The zero-order valence-corrected chi connectivity index (χ0v) is 14.8. The van der Waals surface area contributed by atoms with Gasteiger partial charge in [-0.05, 0) is 36.8 Å². The molecular formula is C20H17ClFN3O. The van der Waals surface area contributed by atoms with E-state index in [9.17, 15) is 9.18 Å². The molecule has 0 fully saturated rings. The molecule has 0 atom stereocenters. The van der Waals surface area contributed by atoms with Crippen LogP contribution >= 0.6 is 11.6 Å². The number of nitrogens with one attached hydrogen (secondary N) is 2. The van der Waals surface area contributed by atoms with Crippen LogP contribution in [0.25, 0.3) is 0 Å². The van der Waals surface area contributed by atoms with Gasteiger partial charge in [0.2, 0.25) is 0 Å². The predicted molar refractivity (Wildman–Crippen MR) is 101 cm³/mol. The van der Waals surface area contributed by atoms with Crippen LogP contribution in [0.5, 0.6) is 0 Å². The molecule has 0 saturated carbocycles. The highest BCUT2D eigenvalue weighted by Crippen LogP contribution is 2.26. The van der Waals surface area contributed by atoms with Crippen LogP contribution in [0.15, 0.2) is 60.9 Å². The quantitative estimate of drug-likeness (QED) is 0.675. The molecule has 2 N–H and O–H groups in total. The number of rotatable bonds is 5. The smallest absolute Gasteiger partial charge is 0.253 e. The Morgan fingerprint density at radius 3 is 2.77 bits per heavy atom. The van der Waals surface area contributed by atoms with Crippen molar-refractivity contribution in [1.82, 2.24) is 10.3 Å². The van der Waals surface area contributed by atoms with Crippen LogP contribution in [-0.4, -0.2) is 10.9 Å². The van der Waals surface area contributed by atoms with Crippen molar-refractivity contribution in [2.45, 2.75) is 13.5 Å². The molecule has 2 aromatic carbocycles. The predicted octanol–water partition coefficient (Wildman–Crippen LogP) is 4.86. The average molecular weight is 370 g/mol. The molecule has 0 aliphatic heterocycles. The van der Waals surface area contributed by atoms with Crippen molar-refractivity contribution in [3.05, 3.63) is 88.5 Å². The molecule has 0 aliphatic rings. The summed E-state index contributed by atoms with van der Waals surface area (Å²) in [7, 11) is 0. The standard InChI is InChI=1S/C20H17ClFN3O/c1-13-17(21)6-4-8-19(13)25-16-9-15(10-23-12-16)20(26)24-11-14-5-2-3-7-18(14)22/h2-10,12,25H,11H2,1H3,(H,24,26). The molecule has 0 saturated heterocycles. The number of hydrogen-bond acceptors (Lipinski definition) is 3. The highest BCUT2D eigenvalue weighted by Gasteiger charge is 2.09. The van der Waals surface area contributed by atoms with Crippen LogP contribution in [0.2, 0.25) is 5.02 Å². The molecule has 0 spiro atoms. The first-order valence-electron chi connectivity index (χ1n) is 8.03. The highest BCUT2D eigenvalue weighted by molar-refractivity contribution is 6.31. The summed E-state index contributed by atoms with van der Waals surface area (Å²) in [6.07, 6.45) is 3.08. The molecule has 3 aromatic rings. The van der Waals surface area contributed by atoms with Gasteiger partial charge >= 0.3 is 0 Å². The van der Waals surface area contributed by atoms with Gasteiger partial charge in [-0.3, -0.25) is 9.78 Å². The monoisotopic (exact) mass is 369 g/mol. The lowest BCUT2D eigenvalue weighted by atomic mass is 10.2. The fraction of sp³-hybridized carbons (Fsp3) is 0.100. The van der Waals surface area contributed by atoms with Gasteiger partial charge in [0.05, 0.1) is 17.4 Å². The second-order valence-electron chi connectivity index (χ2n) is 5.77. The topological polar surface area (TPSA) is 54.0 Å². The van der Waals surface area contributed by atoms with Crippen molar-refractivity contribution in [2.24, 2.45) is 0 Å². The minimum atomic E-state index is -0.349. The van der Waals surface area contributed by atoms with Gasteiger partial charge < -0.3 is 10.6 Å². The first-order chi connectivity index (χ1) is 12.5. The van der Waals surface area contributed by atoms with Gasteiger partial charge in [-0.15, -0.1) is 0 Å². The van der Waals surface area contributed by atoms with E-state index in [4.69, 9.17) is 11.6 Å². The van der Waals surface area contributed by atoms with E-state index >= 15 is 0 Å². The molecule has 6 heteroatoms. The van der Waals surface area contributed by atoms with Crippen molar-refractivity contribution in [2.75, 3.05) is 5.32 Å². The summed E-state index contributed by atoms with van der Waals surface area (Å²) in [5, 5.41) is 6.56. The molecule has 0 unspecified atom stereocenters. The minimum absolute atomic E-state index is 0.108. The summed E-state index contributed by atoms with van der Waals surface area (Å²) in [6, 6.07) is 13.6. The summed E-state index contributed by atoms with van der Waals surface area (Å²) in [5.74, 6) is -0.676. The average Bonchev–Trinajstić information content (AvgIpc) is 2.65. The van der Waals surface area contributed by atoms with E-state index in [0.717, 1.165) is 11.3 Å². The fourth-order valence-electron chi connectivity index (χ4n) is 2.45. The third-order valence-electron chi connectivity index (χ3n) is 3.94. The molecule has 1 amide bonds. The lowest BCUT2D eigenvalue weighted by molar-refractivity contribution is 0.0950. The SMILES string of the molecule is Cc1c(Cl)cccc1Nc1cncc(C(=O)NCc2ccccc2F)c1. The van der Waals surface area contributed by atoms with Gasteiger partial charge in [0.25, 0.3) is 5.91 Å². The lowest BCUT2D eigenvalue weighted by Crippen LogP contribution is -2.23. The van der Waals surface area contributed by atoms with E-state index in [2.05, 4.69) is 15.6 Å². The summed E-state index contributed by atoms with van der Waals surface area (Å²) in [6.45, 7) is 2.01. The van der Waals surface area contributed by atoms with E-state index < -0.39 is 0 Å². The third-order valence-corrected chi connectivity index (χ3v) is 4.35. The van der Waals surface area contributed by atoms with Gasteiger partial charge in [0, 0.05) is 29.0 Å². The Morgan fingerprint density at radius 2 is 1.96 bits per heavy atom. The Balaban J connectivity index is 1.71. The Kier molecular flexibility index (Phi) is 5.49. The summed E-state index contributed by atoms with van der Waals surface area (Å²) in [4.78, 5) is 16.4. The molecule has 0 bridgehead atoms. The van der Waals surface area contributed by atoms with Crippen LogP contribution in [0.3, 0.4) is 0 Å². The first-order valence-corrected chi connectivity index (χ1v) is 8.41. The molecule has 3 rings (SSSR count). The summed E-state index contributed by atoms with van der Waals surface area (Å²) < 4.78 is 13.6. The largest absolute Gasteiger partial charge is 0.354 e. The molecule has 1 heterocycles. The highest BCUT2D eigenvalue weighted by atomic mass is 35.5. The molecule has 0 aliphatic carbocycles. The normalized spacial score (nSPS) is 10.4. The van der Waals surface area contributed by atoms with Crippen LogP contribution in [0.4, 0.5) is 15.8 Å². The zero-order valence-electron chi connectivity index (χ0n) is 14.1. The second-order valence-corrected chi connectivity index (χ2v) is 6.18. The van der Waals surface area contributed by atoms with Crippen molar-refractivity contribution in [3.63, 3.8) is 0 Å². The van der Waals surface area contributed by atoms with Crippen LogP contribution in [0.1, 0.15) is 21.5 Å². The summed E-state index contributed by atoms with van der Waals surface area (Å²) in [5.41, 5.74) is 3.21. The Morgan fingerprint density at radius 1 is 1.15 bits per heavy atom. The van der Waals surface area contributed by atoms with Crippen LogP contribution < -0.4 is 10.6 Å². The number of carbonyl (C=O) groups is 1. The van der Waals surface area contributed by atoms with Crippen molar-refractivity contribution >= 4 is 28.9 Å². The molecule has 26 heavy (non-hydrogen) atoms. The number of aromatic nitrogens is 1. The van der Waals surface area contributed by atoms with E-state index in [1.165, 1.54) is 12.3 Å². The number of hydrogen-bond donors (Lipinski definition) is 2. The Labute approximate surface area is 156 Å². The number of nitrogens with zero attached hydrogens (tertiary/aromatic N) is 1. The van der Waals surface area contributed by atoms with Crippen LogP contribution in [-0.2, 0) is 6.54 Å².